The highest BCUT2D eigenvalue weighted by Gasteiger charge is 2.18. The van der Waals surface area contributed by atoms with Gasteiger partial charge in [0.2, 0.25) is 5.95 Å². The lowest BCUT2D eigenvalue weighted by Crippen LogP contribution is -2.16. The predicted molar refractivity (Wildman–Crippen MR) is 85.8 cm³/mol. The van der Waals surface area contributed by atoms with Crippen molar-refractivity contribution in [3.05, 3.63) is 64.7 Å². The van der Waals surface area contributed by atoms with Gasteiger partial charge in [-0.3, -0.25) is 4.79 Å². The van der Waals surface area contributed by atoms with Crippen LogP contribution in [-0.4, -0.2) is 20.7 Å². The van der Waals surface area contributed by atoms with Crippen LogP contribution in [0.2, 0.25) is 5.02 Å². The molecule has 0 radical (unpaired) electrons. The molecule has 1 aromatic heterocycles. The maximum absolute atomic E-state index is 12.5. The van der Waals surface area contributed by atoms with Crippen LogP contribution < -0.4 is 5.73 Å². The van der Waals surface area contributed by atoms with E-state index in [9.17, 15) is 4.79 Å². The quantitative estimate of drug-likeness (QED) is 0.788. The van der Waals surface area contributed by atoms with Gasteiger partial charge >= 0.3 is 0 Å². The van der Waals surface area contributed by atoms with E-state index in [0.717, 1.165) is 15.8 Å². The molecule has 110 valence electrons. The lowest BCUT2D eigenvalue weighted by atomic mass is 10.1. The van der Waals surface area contributed by atoms with Crippen molar-refractivity contribution in [2.45, 2.75) is 6.92 Å². The van der Waals surface area contributed by atoms with E-state index in [4.69, 9.17) is 17.3 Å². The minimum Gasteiger partial charge on any atom is -0.368 e. The number of nitrogens with zero attached hydrogens (tertiary/aromatic N) is 3. The van der Waals surface area contributed by atoms with Crippen LogP contribution in [0.1, 0.15) is 15.9 Å². The summed E-state index contributed by atoms with van der Waals surface area (Å²) in [4.78, 5) is 16.7. The fraction of sp³-hybridized carbons (Fsp3) is 0.0625. The summed E-state index contributed by atoms with van der Waals surface area (Å²) in [6.45, 7) is 1.97. The first-order valence-corrected chi connectivity index (χ1v) is 7.03. The van der Waals surface area contributed by atoms with Crippen LogP contribution in [0.25, 0.3) is 11.4 Å². The van der Waals surface area contributed by atoms with E-state index in [-0.39, 0.29) is 5.95 Å². The van der Waals surface area contributed by atoms with E-state index in [0.29, 0.717) is 16.4 Å². The SMILES string of the molecule is Cc1cccc(-c2nc(N)n(C(=O)c3ccccc3Cl)n2)c1. The third-order valence-electron chi connectivity index (χ3n) is 3.21. The number of hydrogen-bond donors (Lipinski definition) is 1. The van der Waals surface area contributed by atoms with Crippen molar-refractivity contribution < 1.29 is 4.79 Å². The number of carbonyl (C=O) groups excluding carboxylic acids is 1. The van der Waals surface area contributed by atoms with Gasteiger partial charge < -0.3 is 5.73 Å². The van der Waals surface area contributed by atoms with Gasteiger partial charge in [-0.2, -0.15) is 9.67 Å². The van der Waals surface area contributed by atoms with Gasteiger partial charge in [0, 0.05) is 5.56 Å². The minimum absolute atomic E-state index is 0.0291. The van der Waals surface area contributed by atoms with Crippen LogP contribution in [0.3, 0.4) is 0 Å². The standard InChI is InChI=1S/C16H13ClN4O/c1-10-5-4-6-11(9-10)14-19-16(18)21(20-14)15(22)12-7-2-3-8-13(12)17/h2-9H,1H3,(H2,18,19,20). The second-order valence-corrected chi connectivity index (χ2v) is 5.27. The fourth-order valence-electron chi connectivity index (χ4n) is 2.13. The van der Waals surface area contributed by atoms with Gasteiger partial charge in [-0.15, -0.1) is 5.10 Å². The Bertz CT molecular complexity index is 857. The van der Waals surface area contributed by atoms with Gasteiger partial charge in [-0.25, -0.2) is 0 Å². The fourth-order valence-corrected chi connectivity index (χ4v) is 2.35. The average Bonchev–Trinajstić information content (AvgIpc) is 2.89. The lowest BCUT2D eigenvalue weighted by Gasteiger charge is -2.03. The monoisotopic (exact) mass is 312 g/mol. The number of aromatic nitrogens is 3. The smallest absolute Gasteiger partial charge is 0.282 e. The highest BCUT2D eigenvalue weighted by molar-refractivity contribution is 6.33. The zero-order valence-electron chi connectivity index (χ0n) is 11.8. The zero-order chi connectivity index (χ0) is 15.7. The predicted octanol–water partition coefficient (Wildman–Crippen LogP) is 3.18. The highest BCUT2D eigenvalue weighted by Crippen LogP contribution is 2.21. The molecule has 0 saturated heterocycles. The number of aryl methyl sites for hydroxylation is 1. The lowest BCUT2D eigenvalue weighted by molar-refractivity contribution is 0.0948. The van der Waals surface area contributed by atoms with Gasteiger partial charge in [0.05, 0.1) is 10.6 Å². The molecule has 0 saturated carbocycles. The summed E-state index contributed by atoms with van der Waals surface area (Å²) in [6.07, 6.45) is 0. The largest absolute Gasteiger partial charge is 0.368 e. The van der Waals surface area contributed by atoms with Crippen molar-refractivity contribution in [3.63, 3.8) is 0 Å². The van der Waals surface area contributed by atoms with Crippen LogP contribution in [0.5, 0.6) is 0 Å². The van der Waals surface area contributed by atoms with Crippen molar-refractivity contribution in [1.82, 2.24) is 14.8 Å². The molecule has 22 heavy (non-hydrogen) atoms. The van der Waals surface area contributed by atoms with Crippen molar-refractivity contribution in [2.24, 2.45) is 0 Å². The van der Waals surface area contributed by atoms with Crippen LogP contribution >= 0.6 is 11.6 Å². The van der Waals surface area contributed by atoms with Crippen molar-refractivity contribution in [1.29, 1.82) is 0 Å². The molecule has 0 unspecified atom stereocenters. The maximum Gasteiger partial charge on any atom is 0.282 e. The number of carbonyl (C=O) groups is 1. The van der Waals surface area contributed by atoms with E-state index >= 15 is 0 Å². The Morgan fingerprint density at radius 1 is 1.18 bits per heavy atom. The molecule has 0 bridgehead atoms. The Kier molecular flexibility index (Phi) is 3.65. The normalized spacial score (nSPS) is 10.6. The molecule has 6 heteroatoms. The number of benzene rings is 2. The Hall–Kier alpha value is -2.66. The summed E-state index contributed by atoms with van der Waals surface area (Å²) < 4.78 is 1.07. The summed E-state index contributed by atoms with van der Waals surface area (Å²) in [5.74, 6) is 0.0255. The molecule has 0 fully saturated rings. The number of nitrogen functional groups attached to an aromatic ring is 1. The Labute approximate surface area is 132 Å². The molecule has 2 N–H and O–H groups in total. The molecule has 0 atom stereocenters. The first-order chi connectivity index (χ1) is 10.6. The third kappa shape index (κ3) is 2.58. The summed E-state index contributed by atoms with van der Waals surface area (Å²) in [5, 5.41) is 4.56. The molecule has 1 heterocycles. The van der Waals surface area contributed by atoms with Gasteiger partial charge in [-0.1, -0.05) is 47.5 Å². The molecule has 0 spiro atoms. The van der Waals surface area contributed by atoms with E-state index in [1.807, 2.05) is 31.2 Å². The summed E-state index contributed by atoms with van der Waals surface area (Å²) in [5.41, 5.74) is 8.04. The molecule has 0 amide bonds. The number of nitrogens with two attached hydrogens (primary N) is 1. The summed E-state index contributed by atoms with van der Waals surface area (Å²) >= 11 is 6.04. The van der Waals surface area contributed by atoms with E-state index in [1.165, 1.54) is 0 Å². The van der Waals surface area contributed by atoms with Crippen molar-refractivity contribution in [3.8, 4) is 11.4 Å². The molecule has 0 aliphatic heterocycles. The third-order valence-corrected chi connectivity index (χ3v) is 3.53. The van der Waals surface area contributed by atoms with Gasteiger partial charge in [0.25, 0.3) is 5.91 Å². The highest BCUT2D eigenvalue weighted by atomic mass is 35.5. The first kappa shape index (κ1) is 14.3. The van der Waals surface area contributed by atoms with Crippen LogP contribution in [-0.2, 0) is 0 Å². The Morgan fingerprint density at radius 2 is 1.95 bits per heavy atom. The van der Waals surface area contributed by atoms with Crippen LogP contribution in [0, 0.1) is 6.92 Å². The number of halogens is 1. The minimum atomic E-state index is -0.408. The van der Waals surface area contributed by atoms with Gasteiger partial charge in [0.1, 0.15) is 0 Å². The number of hydrogen-bond acceptors (Lipinski definition) is 4. The molecule has 3 aromatic rings. The topological polar surface area (TPSA) is 73.8 Å². The van der Waals surface area contributed by atoms with Crippen molar-refractivity contribution >= 4 is 23.5 Å². The van der Waals surface area contributed by atoms with E-state index in [2.05, 4.69) is 10.1 Å². The number of anilines is 1. The van der Waals surface area contributed by atoms with Gasteiger partial charge in [-0.05, 0) is 25.1 Å². The van der Waals surface area contributed by atoms with E-state index in [1.54, 1.807) is 24.3 Å². The van der Waals surface area contributed by atoms with Gasteiger partial charge in [0.15, 0.2) is 5.82 Å². The second-order valence-electron chi connectivity index (χ2n) is 4.86. The zero-order valence-corrected chi connectivity index (χ0v) is 12.6. The molecular formula is C16H13ClN4O. The maximum atomic E-state index is 12.5. The second kappa shape index (κ2) is 5.61. The van der Waals surface area contributed by atoms with Crippen molar-refractivity contribution in [2.75, 3.05) is 5.73 Å². The Balaban J connectivity index is 2.03. The molecule has 5 nitrogen and oxygen atoms in total. The molecular weight excluding hydrogens is 300 g/mol. The molecule has 3 rings (SSSR count). The average molecular weight is 313 g/mol. The molecule has 0 aliphatic carbocycles. The first-order valence-electron chi connectivity index (χ1n) is 6.65. The summed E-state index contributed by atoms with van der Waals surface area (Å²) in [6, 6.07) is 14.4. The van der Waals surface area contributed by atoms with E-state index < -0.39 is 5.91 Å². The van der Waals surface area contributed by atoms with Crippen LogP contribution in [0.15, 0.2) is 48.5 Å². The number of rotatable bonds is 2. The summed E-state index contributed by atoms with van der Waals surface area (Å²) in [7, 11) is 0. The van der Waals surface area contributed by atoms with Crippen LogP contribution in [0.4, 0.5) is 5.95 Å². The Morgan fingerprint density at radius 3 is 2.68 bits per heavy atom. The molecule has 0 aliphatic rings. The molecule has 2 aromatic carbocycles.